The summed E-state index contributed by atoms with van der Waals surface area (Å²) in [6.07, 6.45) is 2.58. The van der Waals surface area contributed by atoms with Crippen LogP contribution in [0.3, 0.4) is 0 Å². The van der Waals surface area contributed by atoms with Crippen molar-refractivity contribution in [2.24, 2.45) is 5.41 Å². The zero-order chi connectivity index (χ0) is 24.1. The number of hydrogen-bond donors (Lipinski definition) is 1. The highest BCUT2D eigenvalue weighted by Crippen LogP contribution is 2.41. The maximum atomic E-state index is 12.2. The summed E-state index contributed by atoms with van der Waals surface area (Å²) >= 11 is 0. The first-order valence-corrected chi connectivity index (χ1v) is 11.5. The van der Waals surface area contributed by atoms with E-state index in [0.717, 1.165) is 35.3 Å². The van der Waals surface area contributed by atoms with Gasteiger partial charge in [-0.2, -0.15) is 0 Å². The second kappa shape index (κ2) is 10.3. The molecular formula is C28H38O4. The summed E-state index contributed by atoms with van der Waals surface area (Å²) in [5.74, 6) is 0.0514. The van der Waals surface area contributed by atoms with Gasteiger partial charge in [0.1, 0.15) is 12.4 Å². The number of rotatable bonds is 10. The van der Waals surface area contributed by atoms with Crippen LogP contribution < -0.4 is 4.74 Å². The van der Waals surface area contributed by atoms with Gasteiger partial charge in [-0.05, 0) is 67.0 Å². The number of aryl methyl sites for hydroxylation is 3. The lowest BCUT2D eigenvalue weighted by atomic mass is 9.69. The molecule has 4 nitrogen and oxygen atoms in total. The lowest BCUT2D eigenvalue weighted by Gasteiger charge is -2.34. The summed E-state index contributed by atoms with van der Waals surface area (Å²) in [5, 5.41) is 9.00. The molecule has 0 bridgehead atoms. The molecule has 0 amide bonds. The van der Waals surface area contributed by atoms with E-state index >= 15 is 0 Å². The zero-order valence-corrected chi connectivity index (χ0v) is 20.7. The molecule has 0 heterocycles. The number of carbonyl (C=O) groups is 2. The fourth-order valence-electron chi connectivity index (χ4n) is 4.22. The van der Waals surface area contributed by atoms with Crippen LogP contribution in [0.25, 0.3) is 0 Å². The largest absolute Gasteiger partial charge is 0.486 e. The van der Waals surface area contributed by atoms with Crippen molar-refractivity contribution in [3.8, 4) is 5.75 Å². The number of carbonyl (C=O) groups excluding carboxylic acids is 1. The van der Waals surface area contributed by atoms with Crippen molar-refractivity contribution in [2.45, 2.75) is 79.6 Å². The Bertz CT molecular complexity index is 962. The maximum absolute atomic E-state index is 12.2. The van der Waals surface area contributed by atoms with Gasteiger partial charge in [-0.25, -0.2) is 0 Å². The van der Waals surface area contributed by atoms with Crippen molar-refractivity contribution in [3.63, 3.8) is 0 Å². The predicted octanol–water partition coefficient (Wildman–Crippen LogP) is 6.42. The highest BCUT2D eigenvalue weighted by atomic mass is 16.5. The van der Waals surface area contributed by atoms with Crippen molar-refractivity contribution in [1.29, 1.82) is 0 Å². The van der Waals surface area contributed by atoms with Crippen LogP contribution in [0.2, 0.25) is 0 Å². The van der Waals surface area contributed by atoms with Gasteiger partial charge in [-0.15, -0.1) is 0 Å². The van der Waals surface area contributed by atoms with E-state index in [4.69, 9.17) is 9.84 Å². The van der Waals surface area contributed by atoms with Crippen LogP contribution in [0.1, 0.15) is 81.7 Å². The molecule has 0 aliphatic heterocycles. The molecule has 174 valence electrons. The van der Waals surface area contributed by atoms with Gasteiger partial charge in [0.15, 0.2) is 5.78 Å². The second-order valence-electron chi connectivity index (χ2n) is 9.77. The van der Waals surface area contributed by atoms with E-state index in [-0.39, 0.29) is 24.2 Å². The molecule has 0 saturated carbocycles. The van der Waals surface area contributed by atoms with Crippen LogP contribution >= 0.6 is 0 Å². The van der Waals surface area contributed by atoms with E-state index < -0.39 is 11.4 Å². The smallest absolute Gasteiger partial charge is 0.303 e. The normalized spacial score (nSPS) is 12.0. The van der Waals surface area contributed by atoms with Crippen LogP contribution in [0, 0.1) is 19.3 Å². The number of hydrogen-bond acceptors (Lipinski definition) is 3. The number of ether oxygens (including phenoxy) is 1. The summed E-state index contributed by atoms with van der Waals surface area (Å²) in [7, 11) is 0. The predicted molar refractivity (Wildman–Crippen MR) is 130 cm³/mol. The van der Waals surface area contributed by atoms with E-state index in [1.165, 1.54) is 11.1 Å². The van der Waals surface area contributed by atoms with E-state index in [0.29, 0.717) is 6.42 Å². The molecule has 4 heteroatoms. The Balaban J connectivity index is 2.35. The Kier molecular flexibility index (Phi) is 8.28. The molecule has 2 aromatic rings. The Morgan fingerprint density at radius 3 is 1.94 bits per heavy atom. The summed E-state index contributed by atoms with van der Waals surface area (Å²) in [5.41, 5.74) is 5.16. The monoisotopic (exact) mass is 438 g/mol. The molecule has 0 aliphatic rings. The van der Waals surface area contributed by atoms with Gasteiger partial charge in [-0.1, -0.05) is 65.0 Å². The molecule has 0 unspecified atom stereocenters. The van der Waals surface area contributed by atoms with Crippen LogP contribution in [0.5, 0.6) is 5.75 Å². The Morgan fingerprint density at radius 2 is 1.47 bits per heavy atom. The standard InChI is InChI=1S/C28H38O4/c1-8-28(9-2,22-12-10-21(19(3)16-22)11-15-26(30)31)23-13-14-24(20(4)17-23)32-18-25(29)27(5,6)7/h10,12-14,16-17H,8-9,11,15,18H2,1-7H3,(H,30,31). The lowest BCUT2D eigenvalue weighted by Crippen LogP contribution is -2.27. The van der Waals surface area contributed by atoms with Gasteiger partial charge in [0, 0.05) is 17.3 Å². The number of ketones is 1. The molecule has 32 heavy (non-hydrogen) atoms. The molecule has 2 rings (SSSR count). The fraction of sp³-hybridized carbons (Fsp3) is 0.500. The third-order valence-electron chi connectivity index (χ3n) is 6.63. The van der Waals surface area contributed by atoms with Gasteiger partial charge in [0.25, 0.3) is 0 Å². The Hall–Kier alpha value is -2.62. The van der Waals surface area contributed by atoms with Crippen molar-refractivity contribution in [1.82, 2.24) is 0 Å². The number of Topliss-reactive ketones (excluding diaryl/α,β-unsaturated/α-hetero) is 1. The minimum absolute atomic E-state index is 0.0768. The van der Waals surface area contributed by atoms with Crippen LogP contribution in [0.4, 0.5) is 0 Å². The minimum Gasteiger partial charge on any atom is -0.486 e. The van der Waals surface area contributed by atoms with E-state index in [9.17, 15) is 9.59 Å². The summed E-state index contributed by atoms with van der Waals surface area (Å²) < 4.78 is 5.85. The van der Waals surface area contributed by atoms with Gasteiger partial charge in [0.2, 0.25) is 0 Å². The van der Waals surface area contributed by atoms with E-state index in [1.54, 1.807) is 0 Å². The molecular weight excluding hydrogens is 400 g/mol. The molecule has 0 spiro atoms. The molecule has 0 aromatic heterocycles. The van der Waals surface area contributed by atoms with Crippen LogP contribution in [-0.4, -0.2) is 23.5 Å². The topological polar surface area (TPSA) is 63.6 Å². The van der Waals surface area contributed by atoms with Gasteiger partial charge < -0.3 is 9.84 Å². The molecule has 2 aromatic carbocycles. The average molecular weight is 439 g/mol. The van der Waals surface area contributed by atoms with Crippen molar-refractivity contribution >= 4 is 11.8 Å². The second-order valence-corrected chi connectivity index (χ2v) is 9.77. The average Bonchev–Trinajstić information content (AvgIpc) is 2.72. The van der Waals surface area contributed by atoms with Gasteiger partial charge >= 0.3 is 5.97 Å². The highest BCUT2D eigenvalue weighted by Gasteiger charge is 2.31. The zero-order valence-electron chi connectivity index (χ0n) is 20.7. The third-order valence-corrected chi connectivity index (χ3v) is 6.63. The lowest BCUT2D eigenvalue weighted by molar-refractivity contribution is -0.137. The highest BCUT2D eigenvalue weighted by molar-refractivity contribution is 5.85. The first-order chi connectivity index (χ1) is 14.9. The number of benzene rings is 2. The molecule has 0 aliphatic carbocycles. The van der Waals surface area contributed by atoms with Crippen molar-refractivity contribution < 1.29 is 19.4 Å². The van der Waals surface area contributed by atoms with Crippen molar-refractivity contribution in [2.75, 3.05) is 6.61 Å². The van der Waals surface area contributed by atoms with E-state index in [1.807, 2.05) is 33.8 Å². The van der Waals surface area contributed by atoms with E-state index in [2.05, 4.69) is 51.1 Å². The Morgan fingerprint density at radius 1 is 0.906 bits per heavy atom. The first-order valence-electron chi connectivity index (χ1n) is 11.5. The summed E-state index contributed by atoms with van der Waals surface area (Å²) in [6.45, 7) is 14.3. The fourth-order valence-corrected chi connectivity index (χ4v) is 4.22. The number of aliphatic carboxylic acids is 1. The first kappa shape index (κ1) is 25.6. The van der Waals surface area contributed by atoms with Crippen molar-refractivity contribution in [3.05, 3.63) is 64.2 Å². The molecule has 0 fully saturated rings. The Labute approximate surface area is 193 Å². The molecule has 0 radical (unpaired) electrons. The third kappa shape index (κ3) is 5.79. The number of carboxylic acid groups (broad SMARTS) is 1. The molecule has 0 saturated heterocycles. The number of carboxylic acids is 1. The van der Waals surface area contributed by atoms with Crippen LogP contribution in [0.15, 0.2) is 36.4 Å². The summed E-state index contributed by atoms with van der Waals surface area (Å²) in [4.78, 5) is 23.2. The molecule has 0 atom stereocenters. The van der Waals surface area contributed by atoms with Gasteiger partial charge in [-0.3, -0.25) is 9.59 Å². The maximum Gasteiger partial charge on any atom is 0.303 e. The molecule has 1 N–H and O–H groups in total. The minimum atomic E-state index is -0.771. The SMILES string of the molecule is CCC(CC)(c1ccc(CCC(=O)O)c(C)c1)c1ccc(OCC(=O)C(C)(C)C)c(C)c1. The van der Waals surface area contributed by atoms with Crippen LogP contribution in [-0.2, 0) is 21.4 Å². The van der Waals surface area contributed by atoms with Gasteiger partial charge in [0.05, 0.1) is 0 Å². The summed E-state index contributed by atoms with van der Waals surface area (Å²) in [6, 6.07) is 12.7. The quantitative estimate of drug-likeness (QED) is 0.465.